The summed E-state index contributed by atoms with van der Waals surface area (Å²) in [6, 6.07) is 10.2. The fourth-order valence-electron chi connectivity index (χ4n) is 3.38. The quantitative estimate of drug-likeness (QED) is 0.737. The second-order valence-corrected chi connectivity index (χ2v) is 8.55. The lowest BCUT2D eigenvalue weighted by Crippen LogP contribution is -2.39. The summed E-state index contributed by atoms with van der Waals surface area (Å²) < 4.78 is 38.3. The molecular formula is C20H24N4O4S. The van der Waals surface area contributed by atoms with E-state index in [0.717, 1.165) is 25.9 Å². The molecule has 1 aliphatic rings. The van der Waals surface area contributed by atoms with E-state index in [2.05, 4.69) is 20.7 Å². The second kappa shape index (κ2) is 9.11. The van der Waals surface area contributed by atoms with Crippen LogP contribution in [0.15, 0.2) is 41.4 Å². The van der Waals surface area contributed by atoms with Crippen molar-refractivity contribution >= 4 is 15.8 Å². The maximum atomic E-state index is 12.6. The summed E-state index contributed by atoms with van der Waals surface area (Å²) in [6.07, 6.45) is 3.31. The third kappa shape index (κ3) is 4.78. The maximum Gasteiger partial charge on any atom is 0.240 e. The normalized spacial score (nSPS) is 15.0. The number of nitrogens with one attached hydrogen (secondary N) is 1. The van der Waals surface area contributed by atoms with Gasteiger partial charge in [-0.2, -0.15) is 5.26 Å². The predicted molar refractivity (Wildman–Crippen MR) is 109 cm³/mol. The summed E-state index contributed by atoms with van der Waals surface area (Å²) in [6.45, 7) is 1.82. The van der Waals surface area contributed by atoms with Crippen LogP contribution in [-0.2, 0) is 10.0 Å². The van der Waals surface area contributed by atoms with Gasteiger partial charge < -0.3 is 14.4 Å². The van der Waals surface area contributed by atoms with Gasteiger partial charge in [0.15, 0.2) is 11.5 Å². The van der Waals surface area contributed by atoms with Crippen LogP contribution in [0.3, 0.4) is 0 Å². The number of nitrogens with zero attached hydrogens (tertiary/aromatic N) is 3. The molecule has 0 spiro atoms. The molecule has 154 valence electrons. The molecule has 2 aromatic rings. The fraction of sp³-hybridized carbons (Fsp3) is 0.400. The Morgan fingerprint density at radius 2 is 1.93 bits per heavy atom. The number of piperidine rings is 1. The Bertz CT molecular complexity index is 996. The molecule has 1 fully saturated rings. The molecule has 0 bridgehead atoms. The zero-order valence-corrected chi connectivity index (χ0v) is 17.3. The van der Waals surface area contributed by atoms with Gasteiger partial charge in [0.1, 0.15) is 11.9 Å². The SMILES string of the molecule is COc1ccc(S(=O)(=O)NCC2CCN(c3ncccc3C#N)CC2)cc1OC. The standard InChI is InChI=1S/C20H24N4O4S/c1-27-18-6-5-17(12-19(18)28-2)29(25,26)23-14-15-7-10-24(11-8-15)20-16(13-21)4-3-9-22-20/h3-6,9,12,15,23H,7-8,10-11,14H2,1-2H3. The molecule has 0 unspecified atom stereocenters. The van der Waals surface area contributed by atoms with Crippen molar-refractivity contribution in [3.63, 3.8) is 0 Å². The highest BCUT2D eigenvalue weighted by Crippen LogP contribution is 2.29. The van der Waals surface area contributed by atoms with Crippen LogP contribution < -0.4 is 19.1 Å². The molecule has 0 amide bonds. The number of methoxy groups -OCH3 is 2. The number of nitriles is 1. The second-order valence-electron chi connectivity index (χ2n) is 6.79. The highest BCUT2D eigenvalue weighted by atomic mass is 32.2. The average Bonchev–Trinajstić information content (AvgIpc) is 2.77. The van der Waals surface area contributed by atoms with Crippen LogP contribution in [0.4, 0.5) is 5.82 Å². The highest BCUT2D eigenvalue weighted by Gasteiger charge is 2.24. The van der Waals surface area contributed by atoms with Gasteiger partial charge in [-0.1, -0.05) is 0 Å². The summed E-state index contributed by atoms with van der Waals surface area (Å²) in [5, 5.41) is 9.24. The van der Waals surface area contributed by atoms with Crippen molar-refractivity contribution in [3.8, 4) is 17.6 Å². The van der Waals surface area contributed by atoms with Crippen molar-refractivity contribution in [1.29, 1.82) is 5.26 Å². The number of hydrogen-bond acceptors (Lipinski definition) is 7. The van der Waals surface area contributed by atoms with Crippen LogP contribution in [0, 0.1) is 17.2 Å². The Kier molecular flexibility index (Phi) is 6.56. The number of sulfonamides is 1. The van der Waals surface area contributed by atoms with Gasteiger partial charge in [0.25, 0.3) is 0 Å². The number of benzene rings is 1. The van der Waals surface area contributed by atoms with E-state index in [4.69, 9.17) is 9.47 Å². The first-order chi connectivity index (χ1) is 14.0. The molecule has 1 N–H and O–H groups in total. The molecule has 0 atom stereocenters. The molecule has 8 nitrogen and oxygen atoms in total. The van der Waals surface area contributed by atoms with E-state index >= 15 is 0 Å². The van der Waals surface area contributed by atoms with Crippen molar-refractivity contribution in [3.05, 3.63) is 42.1 Å². The first kappa shape index (κ1) is 20.9. The minimum atomic E-state index is -3.65. The lowest BCUT2D eigenvalue weighted by atomic mass is 9.97. The number of ether oxygens (including phenoxy) is 2. The molecule has 1 saturated heterocycles. The van der Waals surface area contributed by atoms with E-state index in [0.29, 0.717) is 29.4 Å². The summed E-state index contributed by atoms with van der Waals surface area (Å²) in [5.41, 5.74) is 0.556. The molecule has 1 aromatic carbocycles. The number of hydrogen-bond donors (Lipinski definition) is 1. The van der Waals surface area contributed by atoms with Crippen molar-refractivity contribution in [2.45, 2.75) is 17.7 Å². The number of rotatable bonds is 7. The van der Waals surface area contributed by atoms with Crippen molar-refractivity contribution in [2.24, 2.45) is 5.92 Å². The van der Waals surface area contributed by atoms with Crippen molar-refractivity contribution in [2.75, 3.05) is 38.8 Å². The van der Waals surface area contributed by atoms with Crippen LogP contribution in [-0.4, -0.2) is 47.3 Å². The lowest BCUT2D eigenvalue weighted by Gasteiger charge is -2.33. The monoisotopic (exact) mass is 416 g/mol. The smallest absolute Gasteiger partial charge is 0.240 e. The van der Waals surface area contributed by atoms with Gasteiger partial charge in [-0.25, -0.2) is 18.1 Å². The predicted octanol–water partition coefficient (Wildman–Crippen LogP) is 2.17. The lowest BCUT2D eigenvalue weighted by molar-refractivity contribution is 0.353. The summed E-state index contributed by atoms with van der Waals surface area (Å²) in [4.78, 5) is 6.54. The molecule has 1 aliphatic heterocycles. The van der Waals surface area contributed by atoms with Gasteiger partial charge in [0, 0.05) is 31.9 Å². The van der Waals surface area contributed by atoms with Gasteiger partial charge in [0.2, 0.25) is 10.0 Å². The highest BCUT2D eigenvalue weighted by molar-refractivity contribution is 7.89. The zero-order chi connectivity index (χ0) is 20.9. The number of aromatic nitrogens is 1. The topological polar surface area (TPSA) is 105 Å². The van der Waals surface area contributed by atoms with Gasteiger partial charge >= 0.3 is 0 Å². The maximum absolute atomic E-state index is 12.6. The first-order valence-corrected chi connectivity index (χ1v) is 10.8. The van der Waals surface area contributed by atoms with E-state index in [-0.39, 0.29) is 10.8 Å². The summed E-state index contributed by atoms with van der Waals surface area (Å²) in [5.74, 6) is 1.76. The Hall–Kier alpha value is -2.83. The summed E-state index contributed by atoms with van der Waals surface area (Å²) in [7, 11) is -0.680. The minimum Gasteiger partial charge on any atom is -0.493 e. The van der Waals surface area contributed by atoms with Crippen LogP contribution in [0.1, 0.15) is 18.4 Å². The molecule has 2 heterocycles. The zero-order valence-electron chi connectivity index (χ0n) is 16.5. The van der Waals surface area contributed by atoms with Gasteiger partial charge in [-0.3, -0.25) is 0 Å². The Morgan fingerprint density at radius 3 is 2.59 bits per heavy atom. The van der Waals surface area contributed by atoms with E-state index in [1.807, 2.05) is 0 Å². The summed E-state index contributed by atoms with van der Waals surface area (Å²) >= 11 is 0. The number of pyridine rings is 1. The van der Waals surface area contributed by atoms with Crippen molar-refractivity contribution < 1.29 is 17.9 Å². The third-order valence-electron chi connectivity index (χ3n) is 5.05. The van der Waals surface area contributed by atoms with Crippen LogP contribution >= 0.6 is 0 Å². The third-order valence-corrected chi connectivity index (χ3v) is 6.47. The molecule has 1 aromatic heterocycles. The van der Waals surface area contributed by atoms with E-state index in [1.165, 1.54) is 26.4 Å². The molecule has 0 radical (unpaired) electrons. The van der Waals surface area contributed by atoms with Gasteiger partial charge in [0.05, 0.1) is 24.7 Å². The minimum absolute atomic E-state index is 0.139. The van der Waals surface area contributed by atoms with Crippen LogP contribution in [0.2, 0.25) is 0 Å². The Balaban J connectivity index is 1.59. The average molecular weight is 417 g/mol. The van der Waals surface area contributed by atoms with E-state index < -0.39 is 10.0 Å². The molecule has 29 heavy (non-hydrogen) atoms. The Morgan fingerprint density at radius 1 is 1.21 bits per heavy atom. The molecule has 9 heteroatoms. The fourth-order valence-corrected chi connectivity index (χ4v) is 4.51. The Labute approximate surface area is 171 Å². The van der Waals surface area contributed by atoms with Crippen LogP contribution in [0.5, 0.6) is 11.5 Å². The van der Waals surface area contributed by atoms with E-state index in [1.54, 1.807) is 24.4 Å². The molecule has 3 rings (SSSR count). The van der Waals surface area contributed by atoms with Crippen LogP contribution in [0.25, 0.3) is 0 Å². The van der Waals surface area contributed by atoms with E-state index in [9.17, 15) is 13.7 Å². The molecular weight excluding hydrogens is 392 g/mol. The van der Waals surface area contributed by atoms with Gasteiger partial charge in [-0.05, 0) is 43.0 Å². The van der Waals surface area contributed by atoms with Crippen molar-refractivity contribution in [1.82, 2.24) is 9.71 Å². The largest absolute Gasteiger partial charge is 0.493 e. The van der Waals surface area contributed by atoms with Gasteiger partial charge in [-0.15, -0.1) is 0 Å². The molecule has 0 aliphatic carbocycles. The molecule has 0 saturated carbocycles. The number of anilines is 1. The first-order valence-electron chi connectivity index (χ1n) is 9.30.